The van der Waals surface area contributed by atoms with E-state index in [-0.39, 0.29) is 5.56 Å². The number of rotatable bonds is 2. The van der Waals surface area contributed by atoms with Gasteiger partial charge in [-0.25, -0.2) is 4.79 Å². The van der Waals surface area contributed by atoms with Crippen LogP contribution in [0.2, 0.25) is 0 Å². The molecule has 0 amide bonds. The quantitative estimate of drug-likeness (QED) is 0.882. The summed E-state index contributed by atoms with van der Waals surface area (Å²) in [6, 6.07) is 1.82. The minimum atomic E-state index is -0.958. The van der Waals surface area contributed by atoms with Crippen molar-refractivity contribution in [2.45, 2.75) is 25.6 Å². The molecule has 2 saturated heterocycles. The Morgan fingerprint density at radius 2 is 2.20 bits per heavy atom. The van der Waals surface area contributed by atoms with Crippen LogP contribution >= 0.6 is 0 Å². The normalized spacial score (nSPS) is 21.4. The average Bonchev–Trinajstić information content (AvgIpc) is 2.86. The molecule has 0 unspecified atom stereocenters. The lowest BCUT2D eigenvalue weighted by molar-refractivity contribution is -0.161. The van der Waals surface area contributed by atoms with Crippen LogP contribution in [0.1, 0.15) is 28.9 Å². The van der Waals surface area contributed by atoms with Crippen LogP contribution in [0, 0.1) is 6.92 Å². The van der Waals surface area contributed by atoms with Crippen LogP contribution in [0.4, 0.5) is 5.69 Å². The smallest absolute Gasteiger partial charge is 0.339 e. The predicted octanol–water partition coefficient (Wildman–Crippen LogP) is 1.43. The van der Waals surface area contributed by atoms with Gasteiger partial charge in [-0.05, 0) is 19.4 Å². The third kappa shape index (κ3) is 2.36. The zero-order chi connectivity index (χ0) is 14.2. The second-order valence-corrected chi connectivity index (χ2v) is 5.28. The van der Waals surface area contributed by atoms with Gasteiger partial charge in [0, 0.05) is 24.9 Å². The summed E-state index contributed by atoms with van der Waals surface area (Å²) >= 11 is 0. The monoisotopic (exact) mass is 278 g/mol. The highest BCUT2D eigenvalue weighted by atomic mass is 16.7. The topological polar surface area (TPSA) is 71.9 Å². The highest BCUT2D eigenvalue weighted by Gasteiger charge is 2.41. The Labute approximate surface area is 117 Å². The van der Waals surface area contributed by atoms with Crippen LogP contribution < -0.4 is 4.90 Å². The first-order valence-electron chi connectivity index (χ1n) is 6.82. The molecule has 1 N–H and O–H groups in total. The highest BCUT2D eigenvalue weighted by molar-refractivity contribution is 5.94. The van der Waals surface area contributed by atoms with E-state index < -0.39 is 11.8 Å². The van der Waals surface area contributed by atoms with Gasteiger partial charge in [0.25, 0.3) is 0 Å². The lowest BCUT2D eigenvalue weighted by Gasteiger charge is -2.40. The molecule has 3 heterocycles. The van der Waals surface area contributed by atoms with Crippen molar-refractivity contribution in [3.63, 3.8) is 0 Å². The Morgan fingerprint density at radius 3 is 2.90 bits per heavy atom. The maximum absolute atomic E-state index is 11.4. The van der Waals surface area contributed by atoms with E-state index in [4.69, 9.17) is 9.47 Å². The molecule has 0 aromatic carbocycles. The highest BCUT2D eigenvalue weighted by Crippen LogP contribution is 2.33. The second kappa shape index (κ2) is 5.03. The fourth-order valence-corrected chi connectivity index (χ4v) is 2.90. The van der Waals surface area contributed by atoms with E-state index in [9.17, 15) is 9.90 Å². The van der Waals surface area contributed by atoms with Gasteiger partial charge in [0.15, 0.2) is 5.79 Å². The number of carboxylic acid groups (broad SMARTS) is 1. The van der Waals surface area contributed by atoms with Gasteiger partial charge in [-0.15, -0.1) is 0 Å². The van der Waals surface area contributed by atoms with E-state index in [1.807, 2.05) is 17.9 Å². The SMILES string of the molecule is Cc1cc(N2CCCC3(C2)OCCO3)c(C(=O)O)cn1. The van der Waals surface area contributed by atoms with Crippen molar-refractivity contribution < 1.29 is 19.4 Å². The van der Waals surface area contributed by atoms with E-state index in [2.05, 4.69) is 4.98 Å². The molecular formula is C14H18N2O4. The summed E-state index contributed by atoms with van der Waals surface area (Å²) < 4.78 is 11.5. The summed E-state index contributed by atoms with van der Waals surface area (Å²) in [4.78, 5) is 17.5. The number of pyridine rings is 1. The summed E-state index contributed by atoms with van der Waals surface area (Å²) in [5.74, 6) is -1.52. The molecule has 0 bridgehead atoms. The van der Waals surface area contributed by atoms with Gasteiger partial charge < -0.3 is 19.5 Å². The number of carbonyl (C=O) groups is 1. The van der Waals surface area contributed by atoms with Crippen LogP contribution in [-0.2, 0) is 9.47 Å². The Balaban J connectivity index is 1.92. The summed E-state index contributed by atoms with van der Waals surface area (Å²) in [6.07, 6.45) is 3.20. The Hall–Kier alpha value is -1.66. The Morgan fingerprint density at radius 1 is 1.45 bits per heavy atom. The molecule has 1 aromatic rings. The number of aromatic carboxylic acids is 1. The maximum atomic E-state index is 11.4. The summed E-state index contributed by atoms with van der Waals surface area (Å²) in [6.45, 7) is 4.44. The molecule has 20 heavy (non-hydrogen) atoms. The molecule has 0 aliphatic carbocycles. The molecule has 108 valence electrons. The molecule has 0 atom stereocenters. The van der Waals surface area contributed by atoms with Crippen molar-refractivity contribution in [1.29, 1.82) is 0 Å². The van der Waals surface area contributed by atoms with E-state index in [1.54, 1.807) is 0 Å². The number of ether oxygens (including phenoxy) is 2. The first-order valence-corrected chi connectivity index (χ1v) is 6.82. The van der Waals surface area contributed by atoms with E-state index in [1.165, 1.54) is 6.20 Å². The van der Waals surface area contributed by atoms with Gasteiger partial charge in [0.05, 0.1) is 25.4 Å². The molecule has 0 saturated carbocycles. The predicted molar refractivity (Wildman–Crippen MR) is 72.0 cm³/mol. The molecule has 2 aliphatic heterocycles. The van der Waals surface area contributed by atoms with Crippen molar-refractivity contribution in [3.8, 4) is 0 Å². The minimum absolute atomic E-state index is 0.227. The van der Waals surface area contributed by atoms with Gasteiger partial charge in [-0.3, -0.25) is 4.98 Å². The van der Waals surface area contributed by atoms with Crippen molar-refractivity contribution in [3.05, 3.63) is 23.5 Å². The molecule has 2 aliphatic rings. The van der Waals surface area contributed by atoms with Crippen LogP contribution in [0.3, 0.4) is 0 Å². The van der Waals surface area contributed by atoms with E-state index >= 15 is 0 Å². The molecular weight excluding hydrogens is 260 g/mol. The fraction of sp³-hybridized carbons (Fsp3) is 0.571. The van der Waals surface area contributed by atoms with Gasteiger partial charge in [-0.2, -0.15) is 0 Å². The number of aryl methyl sites for hydroxylation is 1. The van der Waals surface area contributed by atoms with Crippen LogP contribution in [0.5, 0.6) is 0 Å². The van der Waals surface area contributed by atoms with Crippen molar-refractivity contribution in [1.82, 2.24) is 4.98 Å². The molecule has 6 heteroatoms. The van der Waals surface area contributed by atoms with Gasteiger partial charge in [0.1, 0.15) is 5.56 Å². The first kappa shape index (κ1) is 13.3. The van der Waals surface area contributed by atoms with Crippen LogP contribution in [0.25, 0.3) is 0 Å². The Bertz CT molecular complexity index is 526. The Kier molecular flexibility index (Phi) is 3.35. The maximum Gasteiger partial charge on any atom is 0.339 e. The van der Waals surface area contributed by atoms with Gasteiger partial charge in [-0.1, -0.05) is 0 Å². The number of piperidine rings is 1. The zero-order valence-electron chi connectivity index (χ0n) is 11.5. The molecule has 1 spiro atoms. The number of anilines is 1. The average molecular weight is 278 g/mol. The zero-order valence-corrected chi connectivity index (χ0v) is 11.5. The minimum Gasteiger partial charge on any atom is -0.478 e. The van der Waals surface area contributed by atoms with Gasteiger partial charge in [0.2, 0.25) is 0 Å². The lowest BCUT2D eigenvalue weighted by Crippen LogP contribution is -2.49. The molecule has 6 nitrogen and oxygen atoms in total. The van der Waals surface area contributed by atoms with E-state index in [0.717, 1.165) is 25.1 Å². The second-order valence-electron chi connectivity index (χ2n) is 5.28. The third-order valence-corrected chi connectivity index (χ3v) is 3.82. The summed E-state index contributed by atoms with van der Waals surface area (Å²) in [5.41, 5.74) is 1.73. The third-order valence-electron chi connectivity index (χ3n) is 3.82. The van der Waals surface area contributed by atoms with Gasteiger partial charge >= 0.3 is 5.97 Å². The van der Waals surface area contributed by atoms with Crippen LogP contribution in [0.15, 0.2) is 12.3 Å². The standard InChI is InChI=1S/C14H18N2O4/c1-10-7-12(11(8-15-10)13(17)18)16-4-2-3-14(9-16)19-5-6-20-14/h7-8H,2-6,9H2,1H3,(H,17,18). The largest absolute Gasteiger partial charge is 0.478 e. The molecule has 2 fully saturated rings. The molecule has 0 radical (unpaired) electrons. The molecule has 1 aromatic heterocycles. The molecule has 3 rings (SSSR count). The number of hydrogen-bond acceptors (Lipinski definition) is 5. The number of nitrogens with zero attached hydrogens (tertiary/aromatic N) is 2. The number of hydrogen-bond donors (Lipinski definition) is 1. The van der Waals surface area contributed by atoms with Crippen molar-refractivity contribution in [2.75, 3.05) is 31.2 Å². The summed E-state index contributed by atoms with van der Waals surface area (Å²) in [7, 11) is 0. The van der Waals surface area contributed by atoms with Crippen molar-refractivity contribution in [2.24, 2.45) is 0 Å². The summed E-state index contributed by atoms with van der Waals surface area (Å²) in [5, 5.41) is 9.31. The number of aromatic nitrogens is 1. The van der Waals surface area contributed by atoms with Crippen molar-refractivity contribution >= 4 is 11.7 Å². The van der Waals surface area contributed by atoms with Crippen LogP contribution in [-0.4, -0.2) is 48.2 Å². The number of carboxylic acids is 1. The fourth-order valence-electron chi connectivity index (χ4n) is 2.90. The van der Waals surface area contributed by atoms with E-state index in [0.29, 0.717) is 25.4 Å². The first-order chi connectivity index (χ1) is 9.60. The lowest BCUT2D eigenvalue weighted by atomic mass is 10.0.